The number of rotatable bonds is 7. The lowest BCUT2D eigenvalue weighted by molar-refractivity contribution is -0.137. The number of amides is 1. The number of aromatic amines is 1. The SMILES string of the molecule is Cc1nc(Nc2n[nH]c3c2CN(C(=O)C[C@H](CN(C)C)c2ccccc2)C3(C)C)c2sccc2n1. The van der Waals surface area contributed by atoms with Crippen molar-refractivity contribution < 1.29 is 4.79 Å². The van der Waals surface area contributed by atoms with Crippen molar-refractivity contribution in [2.75, 3.05) is 26.0 Å². The molecule has 9 heteroatoms. The molecule has 4 heterocycles. The van der Waals surface area contributed by atoms with Crippen LogP contribution in [0.2, 0.25) is 0 Å². The number of nitrogens with one attached hydrogen (secondary N) is 2. The molecule has 4 aromatic rings. The summed E-state index contributed by atoms with van der Waals surface area (Å²) in [6, 6.07) is 12.3. The van der Waals surface area contributed by atoms with Gasteiger partial charge in [0.2, 0.25) is 5.91 Å². The molecule has 1 aliphatic rings. The van der Waals surface area contributed by atoms with Crippen LogP contribution in [0.25, 0.3) is 10.2 Å². The van der Waals surface area contributed by atoms with Gasteiger partial charge in [-0.05, 0) is 51.9 Å². The van der Waals surface area contributed by atoms with Gasteiger partial charge < -0.3 is 15.1 Å². The Morgan fingerprint density at radius 3 is 2.71 bits per heavy atom. The lowest BCUT2D eigenvalue weighted by Crippen LogP contribution is -2.41. The van der Waals surface area contributed by atoms with Crippen molar-refractivity contribution in [2.45, 2.75) is 45.2 Å². The molecule has 5 rings (SSSR count). The predicted octanol–water partition coefficient (Wildman–Crippen LogP) is 4.78. The second kappa shape index (κ2) is 9.05. The number of aromatic nitrogens is 4. The van der Waals surface area contributed by atoms with Crippen molar-refractivity contribution >= 4 is 39.1 Å². The quantitative estimate of drug-likeness (QED) is 0.388. The fourth-order valence-electron chi connectivity index (χ4n) is 4.97. The molecule has 0 bridgehead atoms. The Morgan fingerprint density at radius 2 is 1.97 bits per heavy atom. The fourth-order valence-corrected chi connectivity index (χ4v) is 5.75. The van der Waals surface area contributed by atoms with Gasteiger partial charge in [0.05, 0.1) is 28.0 Å². The zero-order valence-corrected chi connectivity index (χ0v) is 21.6. The van der Waals surface area contributed by atoms with E-state index in [0.717, 1.165) is 33.8 Å². The van der Waals surface area contributed by atoms with Gasteiger partial charge in [-0.15, -0.1) is 11.3 Å². The number of thiophene rings is 1. The minimum Gasteiger partial charge on any atom is -0.327 e. The maximum absolute atomic E-state index is 13.7. The van der Waals surface area contributed by atoms with Gasteiger partial charge in [0.25, 0.3) is 0 Å². The first-order valence-corrected chi connectivity index (χ1v) is 12.7. The maximum atomic E-state index is 13.7. The van der Waals surface area contributed by atoms with Gasteiger partial charge >= 0.3 is 0 Å². The number of fused-ring (bicyclic) bond motifs is 2. The van der Waals surface area contributed by atoms with E-state index >= 15 is 0 Å². The van der Waals surface area contributed by atoms with Gasteiger partial charge in [0.15, 0.2) is 11.6 Å². The van der Waals surface area contributed by atoms with E-state index in [2.05, 4.69) is 56.4 Å². The smallest absolute Gasteiger partial charge is 0.224 e. The molecular formula is C26H31N7OS. The third-order valence-electron chi connectivity index (χ3n) is 6.70. The molecular weight excluding hydrogens is 458 g/mol. The molecule has 1 aromatic carbocycles. The summed E-state index contributed by atoms with van der Waals surface area (Å²) in [5.74, 6) is 2.43. The lowest BCUT2D eigenvalue weighted by Gasteiger charge is -2.33. The van der Waals surface area contributed by atoms with Crippen LogP contribution in [0.4, 0.5) is 11.6 Å². The molecule has 1 atom stereocenters. The minimum atomic E-state index is -0.488. The van der Waals surface area contributed by atoms with Crippen molar-refractivity contribution in [1.82, 2.24) is 30.0 Å². The number of carbonyl (C=O) groups excluding carboxylic acids is 1. The van der Waals surface area contributed by atoms with E-state index in [4.69, 9.17) is 0 Å². The molecule has 8 nitrogen and oxygen atoms in total. The predicted molar refractivity (Wildman–Crippen MR) is 140 cm³/mol. The number of aryl methyl sites for hydroxylation is 1. The number of benzene rings is 1. The zero-order chi connectivity index (χ0) is 24.7. The monoisotopic (exact) mass is 489 g/mol. The average Bonchev–Trinajstić information content (AvgIpc) is 3.50. The molecule has 0 fully saturated rings. The molecule has 0 radical (unpaired) electrons. The second-order valence-corrected chi connectivity index (χ2v) is 10.8. The van der Waals surface area contributed by atoms with E-state index in [1.165, 1.54) is 5.56 Å². The highest BCUT2D eigenvalue weighted by atomic mass is 32.1. The summed E-state index contributed by atoms with van der Waals surface area (Å²) < 4.78 is 0.993. The molecule has 182 valence electrons. The average molecular weight is 490 g/mol. The van der Waals surface area contributed by atoms with Gasteiger partial charge in [0, 0.05) is 24.4 Å². The third kappa shape index (κ3) is 4.41. The molecule has 35 heavy (non-hydrogen) atoms. The highest BCUT2D eigenvalue weighted by Crippen LogP contribution is 2.42. The van der Waals surface area contributed by atoms with Crippen LogP contribution in [-0.2, 0) is 16.9 Å². The Morgan fingerprint density at radius 1 is 1.20 bits per heavy atom. The summed E-state index contributed by atoms with van der Waals surface area (Å²) in [6.45, 7) is 7.36. The van der Waals surface area contributed by atoms with Crippen molar-refractivity contribution in [3.8, 4) is 0 Å². The lowest BCUT2D eigenvalue weighted by atomic mass is 9.93. The number of hydrogen-bond acceptors (Lipinski definition) is 7. The largest absolute Gasteiger partial charge is 0.327 e. The Labute approximate surface area is 209 Å². The second-order valence-electron chi connectivity index (χ2n) is 9.92. The number of carbonyl (C=O) groups is 1. The van der Waals surface area contributed by atoms with Crippen molar-refractivity contribution in [1.29, 1.82) is 0 Å². The summed E-state index contributed by atoms with van der Waals surface area (Å²) in [5, 5.41) is 13.2. The summed E-state index contributed by atoms with van der Waals surface area (Å²) >= 11 is 1.60. The van der Waals surface area contributed by atoms with E-state index in [1.807, 2.05) is 55.6 Å². The molecule has 3 aromatic heterocycles. The van der Waals surface area contributed by atoms with Crippen LogP contribution in [0.1, 0.15) is 48.8 Å². The number of anilines is 2. The molecule has 1 aliphatic heterocycles. The minimum absolute atomic E-state index is 0.125. The van der Waals surface area contributed by atoms with Crippen LogP contribution in [0.5, 0.6) is 0 Å². The highest BCUT2D eigenvalue weighted by Gasteiger charge is 2.44. The van der Waals surface area contributed by atoms with E-state index in [1.54, 1.807) is 11.3 Å². The molecule has 1 amide bonds. The number of hydrogen-bond donors (Lipinski definition) is 2. The van der Waals surface area contributed by atoms with Gasteiger partial charge in [-0.2, -0.15) is 5.10 Å². The molecule has 0 aliphatic carbocycles. The third-order valence-corrected chi connectivity index (χ3v) is 7.61. The van der Waals surface area contributed by atoms with Crippen LogP contribution in [0.15, 0.2) is 41.8 Å². The first-order valence-electron chi connectivity index (χ1n) is 11.8. The summed E-state index contributed by atoms with van der Waals surface area (Å²) in [5.41, 5.74) is 3.59. The van der Waals surface area contributed by atoms with E-state index in [-0.39, 0.29) is 11.8 Å². The van der Waals surface area contributed by atoms with E-state index < -0.39 is 5.54 Å². The highest BCUT2D eigenvalue weighted by molar-refractivity contribution is 7.17. The van der Waals surface area contributed by atoms with Gasteiger partial charge in [0.1, 0.15) is 5.82 Å². The Kier molecular flexibility index (Phi) is 6.06. The molecule has 0 spiro atoms. The summed E-state index contributed by atoms with van der Waals surface area (Å²) in [6.07, 6.45) is 0.451. The van der Waals surface area contributed by atoms with Crippen LogP contribution >= 0.6 is 11.3 Å². The van der Waals surface area contributed by atoms with E-state index in [9.17, 15) is 4.79 Å². The van der Waals surface area contributed by atoms with E-state index in [0.29, 0.717) is 24.6 Å². The van der Waals surface area contributed by atoms with Crippen LogP contribution < -0.4 is 5.32 Å². The van der Waals surface area contributed by atoms with Crippen LogP contribution in [-0.4, -0.2) is 56.5 Å². The normalized spacial score (nSPS) is 15.5. The molecule has 2 N–H and O–H groups in total. The van der Waals surface area contributed by atoms with Crippen LogP contribution in [0, 0.1) is 6.92 Å². The van der Waals surface area contributed by atoms with Gasteiger partial charge in [-0.25, -0.2) is 9.97 Å². The van der Waals surface area contributed by atoms with Crippen LogP contribution in [0.3, 0.4) is 0 Å². The first kappa shape index (κ1) is 23.4. The Bertz CT molecular complexity index is 1360. The topological polar surface area (TPSA) is 90.0 Å². The molecule has 0 saturated heterocycles. The maximum Gasteiger partial charge on any atom is 0.224 e. The summed E-state index contributed by atoms with van der Waals surface area (Å²) in [4.78, 5) is 26.9. The van der Waals surface area contributed by atoms with Gasteiger partial charge in [-0.3, -0.25) is 9.89 Å². The van der Waals surface area contributed by atoms with Crippen molar-refractivity contribution in [2.24, 2.45) is 0 Å². The zero-order valence-electron chi connectivity index (χ0n) is 20.8. The fraction of sp³-hybridized carbons (Fsp3) is 0.385. The Balaban J connectivity index is 1.40. The van der Waals surface area contributed by atoms with Crippen molar-refractivity contribution in [3.63, 3.8) is 0 Å². The first-order chi connectivity index (χ1) is 16.7. The molecule has 0 saturated carbocycles. The summed E-state index contributed by atoms with van der Waals surface area (Å²) in [7, 11) is 4.10. The molecule has 0 unspecified atom stereocenters. The van der Waals surface area contributed by atoms with Crippen molar-refractivity contribution in [3.05, 3.63) is 64.4 Å². The van der Waals surface area contributed by atoms with Gasteiger partial charge in [-0.1, -0.05) is 30.3 Å². The standard InChI is InChI=1S/C26H31N7OS/c1-16-27-20-11-12-35-22(20)25(28-16)29-24-19-15-33(26(2,3)23(19)30-31-24)21(34)13-18(14-32(4)5)17-9-7-6-8-10-17/h6-12,18H,13-15H2,1-5H3,(H2,27,28,29,30,31)/t18-/m1/s1. The Hall–Kier alpha value is -3.30. The number of nitrogens with zero attached hydrogens (tertiary/aromatic N) is 5. The number of H-pyrrole nitrogens is 1. The number of likely N-dealkylation sites (N-methyl/N-ethyl adjacent to an activating group) is 1.